The molecule has 0 atom stereocenters. The van der Waals surface area contributed by atoms with Gasteiger partial charge in [-0.25, -0.2) is 17.5 Å². The molecule has 140 valence electrons. The Labute approximate surface area is 153 Å². The average molecular weight is 391 g/mol. The number of nitrogens with two attached hydrogens (primary N) is 1. The molecule has 12 heteroatoms. The van der Waals surface area contributed by atoms with Gasteiger partial charge >= 0.3 is 0 Å². The number of rotatable bonds is 7. The fraction of sp³-hybridized carbons (Fsp3) is 0.133. The maximum absolute atomic E-state index is 12.9. The van der Waals surface area contributed by atoms with E-state index in [9.17, 15) is 17.6 Å². The minimum atomic E-state index is -3.84. The number of halogens is 1. The Kier molecular flexibility index (Phi) is 5.19. The van der Waals surface area contributed by atoms with Gasteiger partial charge in [-0.2, -0.15) is 4.80 Å². The molecule has 0 aliphatic heterocycles. The zero-order valence-corrected chi connectivity index (χ0v) is 14.6. The van der Waals surface area contributed by atoms with Crippen LogP contribution in [0.1, 0.15) is 5.69 Å². The number of aromatic nitrogens is 5. The first kappa shape index (κ1) is 18.5. The lowest BCUT2D eigenvalue weighted by Crippen LogP contribution is -2.33. The number of carbonyl (C=O) groups is 1. The monoisotopic (exact) mass is 391 g/mol. The van der Waals surface area contributed by atoms with Crippen molar-refractivity contribution in [3.05, 3.63) is 54.1 Å². The Morgan fingerprint density at radius 2 is 1.93 bits per heavy atom. The number of primary amides is 1. The van der Waals surface area contributed by atoms with Crippen molar-refractivity contribution in [1.29, 1.82) is 0 Å². The van der Waals surface area contributed by atoms with Crippen molar-refractivity contribution in [1.82, 2.24) is 29.9 Å². The van der Waals surface area contributed by atoms with Gasteiger partial charge in [0.2, 0.25) is 21.8 Å². The molecular weight excluding hydrogens is 377 g/mol. The first-order valence-electron chi connectivity index (χ1n) is 7.60. The van der Waals surface area contributed by atoms with Gasteiger partial charge in [-0.05, 0) is 41.6 Å². The third kappa shape index (κ3) is 4.68. The van der Waals surface area contributed by atoms with Crippen LogP contribution in [0.15, 0.2) is 47.5 Å². The third-order valence-electron chi connectivity index (χ3n) is 3.40. The van der Waals surface area contributed by atoms with Gasteiger partial charge in [-0.1, -0.05) is 0 Å². The Bertz CT molecular complexity index is 1050. The highest BCUT2D eigenvalue weighted by atomic mass is 32.2. The molecule has 0 spiro atoms. The van der Waals surface area contributed by atoms with E-state index in [0.717, 1.165) is 6.20 Å². The highest BCUT2D eigenvalue weighted by molar-refractivity contribution is 7.89. The maximum atomic E-state index is 12.9. The normalized spacial score (nSPS) is 11.4. The molecule has 3 rings (SSSR count). The van der Waals surface area contributed by atoms with Gasteiger partial charge in [0.1, 0.15) is 12.4 Å². The summed E-state index contributed by atoms with van der Waals surface area (Å²) in [5.74, 6) is -0.941. The van der Waals surface area contributed by atoms with Crippen LogP contribution in [0.25, 0.3) is 11.4 Å². The van der Waals surface area contributed by atoms with Gasteiger partial charge in [-0.3, -0.25) is 9.78 Å². The maximum Gasteiger partial charge on any atom is 0.241 e. The fourth-order valence-electron chi connectivity index (χ4n) is 2.10. The van der Waals surface area contributed by atoms with Crippen LogP contribution in [0, 0.1) is 5.82 Å². The average Bonchev–Trinajstić information content (AvgIpc) is 3.11. The second kappa shape index (κ2) is 7.55. The second-order valence-electron chi connectivity index (χ2n) is 5.43. The zero-order valence-electron chi connectivity index (χ0n) is 13.8. The van der Waals surface area contributed by atoms with Crippen molar-refractivity contribution in [3.63, 3.8) is 0 Å². The highest BCUT2D eigenvalue weighted by Gasteiger charge is 2.15. The van der Waals surface area contributed by atoms with Crippen LogP contribution in [0.3, 0.4) is 0 Å². The van der Waals surface area contributed by atoms with Crippen LogP contribution >= 0.6 is 0 Å². The van der Waals surface area contributed by atoms with E-state index >= 15 is 0 Å². The number of carbonyl (C=O) groups excluding carboxylic acids is 1. The second-order valence-corrected chi connectivity index (χ2v) is 7.19. The van der Waals surface area contributed by atoms with Gasteiger partial charge in [-0.15, -0.1) is 10.2 Å². The molecule has 2 aromatic heterocycles. The van der Waals surface area contributed by atoms with Crippen molar-refractivity contribution in [2.75, 3.05) is 6.54 Å². The molecule has 0 aliphatic rings. The van der Waals surface area contributed by atoms with Crippen LogP contribution in [0.4, 0.5) is 4.39 Å². The summed E-state index contributed by atoms with van der Waals surface area (Å²) in [6.45, 7) is -0.284. The Hall–Kier alpha value is -3.25. The molecule has 3 N–H and O–H groups in total. The van der Waals surface area contributed by atoms with E-state index < -0.39 is 28.3 Å². The van der Waals surface area contributed by atoms with E-state index in [0.29, 0.717) is 11.3 Å². The summed E-state index contributed by atoms with van der Waals surface area (Å²) < 4.78 is 39.0. The van der Waals surface area contributed by atoms with Gasteiger partial charge in [0.25, 0.3) is 0 Å². The summed E-state index contributed by atoms with van der Waals surface area (Å²) in [7, 11) is -3.84. The topological polar surface area (TPSA) is 146 Å². The first-order chi connectivity index (χ1) is 12.8. The van der Waals surface area contributed by atoms with Crippen LogP contribution in [-0.4, -0.2) is 46.1 Å². The molecule has 3 aromatic rings. The number of nitrogens with one attached hydrogen (secondary N) is 1. The largest absolute Gasteiger partial charge is 0.369 e. The number of tetrazole rings is 1. The van der Waals surface area contributed by atoms with Crippen molar-refractivity contribution < 1.29 is 17.6 Å². The first-order valence-corrected chi connectivity index (χ1v) is 9.08. The SMILES string of the molecule is NC(=O)CNS(=O)(=O)c1ccc(-c2nnn(Cc3ccc(F)cn3)n2)cc1. The molecule has 2 heterocycles. The van der Waals surface area contributed by atoms with E-state index in [-0.39, 0.29) is 17.3 Å². The minimum Gasteiger partial charge on any atom is -0.369 e. The molecule has 10 nitrogen and oxygen atoms in total. The number of sulfonamides is 1. The zero-order chi connectivity index (χ0) is 19.4. The number of amides is 1. The van der Waals surface area contributed by atoms with Crippen LogP contribution in [0.5, 0.6) is 0 Å². The number of hydrogen-bond acceptors (Lipinski definition) is 7. The van der Waals surface area contributed by atoms with E-state index in [1.807, 2.05) is 0 Å². The molecule has 0 saturated heterocycles. The molecule has 0 unspecified atom stereocenters. The molecule has 0 bridgehead atoms. The summed E-state index contributed by atoms with van der Waals surface area (Å²) in [4.78, 5) is 15.9. The van der Waals surface area contributed by atoms with Crippen molar-refractivity contribution in [2.24, 2.45) is 5.73 Å². The Morgan fingerprint density at radius 1 is 1.19 bits per heavy atom. The lowest BCUT2D eigenvalue weighted by atomic mass is 10.2. The van der Waals surface area contributed by atoms with Gasteiger partial charge in [0, 0.05) is 5.56 Å². The number of hydrogen-bond donors (Lipinski definition) is 2. The smallest absolute Gasteiger partial charge is 0.241 e. The Balaban J connectivity index is 1.73. The van der Waals surface area contributed by atoms with E-state index in [1.165, 1.54) is 41.2 Å². The van der Waals surface area contributed by atoms with Gasteiger partial charge in [0.15, 0.2) is 0 Å². The summed E-state index contributed by atoms with van der Waals surface area (Å²) in [5.41, 5.74) is 6.03. The number of benzene rings is 1. The lowest BCUT2D eigenvalue weighted by molar-refractivity contribution is -0.116. The molecule has 0 aliphatic carbocycles. The highest BCUT2D eigenvalue weighted by Crippen LogP contribution is 2.17. The summed E-state index contributed by atoms with van der Waals surface area (Å²) in [6.07, 6.45) is 1.10. The minimum absolute atomic E-state index is 0.0320. The predicted molar refractivity (Wildman–Crippen MR) is 90.9 cm³/mol. The van der Waals surface area contributed by atoms with Crippen molar-refractivity contribution in [2.45, 2.75) is 11.4 Å². The fourth-order valence-corrected chi connectivity index (χ4v) is 3.10. The lowest BCUT2D eigenvalue weighted by Gasteiger charge is -2.05. The molecule has 1 amide bonds. The van der Waals surface area contributed by atoms with Gasteiger partial charge in [0.05, 0.1) is 23.3 Å². The number of nitrogens with zero attached hydrogens (tertiary/aromatic N) is 5. The summed E-state index contributed by atoms with van der Waals surface area (Å²) >= 11 is 0. The van der Waals surface area contributed by atoms with E-state index in [2.05, 4.69) is 25.1 Å². The van der Waals surface area contributed by atoms with E-state index in [4.69, 9.17) is 5.73 Å². The van der Waals surface area contributed by atoms with Gasteiger partial charge < -0.3 is 5.73 Å². The number of pyridine rings is 1. The molecule has 1 aromatic carbocycles. The standard InChI is InChI=1S/C15H14FN7O3S/c16-11-3-4-12(18-7-11)9-23-21-15(20-22-23)10-1-5-13(6-2-10)27(25,26)19-8-14(17)24/h1-7,19H,8-9H2,(H2,17,24). The van der Waals surface area contributed by atoms with Crippen LogP contribution in [0.2, 0.25) is 0 Å². The van der Waals surface area contributed by atoms with Crippen LogP contribution < -0.4 is 10.5 Å². The third-order valence-corrected chi connectivity index (χ3v) is 4.82. The summed E-state index contributed by atoms with van der Waals surface area (Å²) in [5, 5.41) is 12.0. The molecule has 0 saturated carbocycles. The molecule has 0 radical (unpaired) electrons. The molecule has 27 heavy (non-hydrogen) atoms. The predicted octanol–water partition coefficient (Wildman–Crippen LogP) is -0.314. The van der Waals surface area contributed by atoms with Crippen molar-refractivity contribution >= 4 is 15.9 Å². The quantitative estimate of drug-likeness (QED) is 0.561. The molecule has 0 fully saturated rings. The Morgan fingerprint density at radius 3 is 2.56 bits per heavy atom. The van der Waals surface area contributed by atoms with Crippen molar-refractivity contribution in [3.8, 4) is 11.4 Å². The van der Waals surface area contributed by atoms with Crippen LogP contribution in [-0.2, 0) is 21.4 Å². The molecular formula is C15H14FN7O3S. The summed E-state index contributed by atoms with van der Waals surface area (Å²) in [6, 6.07) is 8.51. The van der Waals surface area contributed by atoms with E-state index in [1.54, 1.807) is 0 Å².